The molecule has 0 bridgehead atoms. The maximum Gasteiger partial charge on any atom is 0.419 e. The predicted molar refractivity (Wildman–Crippen MR) is 106 cm³/mol. The molecule has 31 heavy (non-hydrogen) atoms. The lowest BCUT2D eigenvalue weighted by Gasteiger charge is -2.10. The van der Waals surface area contributed by atoms with E-state index in [1.54, 1.807) is 12.1 Å². The van der Waals surface area contributed by atoms with Gasteiger partial charge in [0, 0.05) is 11.1 Å². The van der Waals surface area contributed by atoms with Crippen LogP contribution in [0.1, 0.15) is 35.6 Å². The van der Waals surface area contributed by atoms with E-state index in [2.05, 4.69) is 0 Å². The zero-order chi connectivity index (χ0) is 22.8. The van der Waals surface area contributed by atoms with E-state index in [-0.39, 0.29) is 6.07 Å². The molecule has 0 aliphatic carbocycles. The second-order valence-corrected chi connectivity index (χ2v) is 6.96. The minimum absolute atomic E-state index is 0.224. The van der Waals surface area contributed by atoms with Gasteiger partial charge in [0.2, 0.25) is 0 Å². The molecule has 0 radical (unpaired) electrons. The maximum atomic E-state index is 14.5. The Morgan fingerprint density at radius 1 is 0.742 bits per heavy atom. The fourth-order valence-electron chi connectivity index (χ4n) is 3.15. The van der Waals surface area contributed by atoms with Gasteiger partial charge in [-0.1, -0.05) is 49.7 Å². The molecule has 162 valence electrons. The molecule has 0 N–H and O–H groups in total. The first kappa shape index (κ1) is 22.6. The van der Waals surface area contributed by atoms with Crippen molar-refractivity contribution in [3.63, 3.8) is 0 Å². The van der Waals surface area contributed by atoms with E-state index in [0.717, 1.165) is 30.5 Å². The molecule has 0 atom stereocenters. The third kappa shape index (κ3) is 4.98. The van der Waals surface area contributed by atoms with Crippen molar-refractivity contribution >= 4 is 11.7 Å². The molecule has 0 saturated carbocycles. The molecule has 0 saturated heterocycles. The van der Waals surface area contributed by atoms with Gasteiger partial charge in [-0.3, -0.25) is 0 Å². The number of halogens is 7. The van der Waals surface area contributed by atoms with Crippen molar-refractivity contribution in [1.82, 2.24) is 0 Å². The molecule has 7 heteroatoms. The van der Waals surface area contributed by atoms with Crippen LogP contribution in [0, 0.1) is 11.6 Å². The third-order valence-corrected chi connectivity index (χ3v) is 4.75. The molecular weight excluding hydrogens is 421 g/mol. The minimum Gasteiger partial charge on any atom is -0.206 e. The van der Waals surface area contributed by atoms with Gasteiger partial charge in [-0.25, -0.2) is 17.6 Å². The van der Waals surface area contributed by atoms with Crippen LogP contribution in [0.5, 0.6) is 0 Å². The molecule has 0 aliphatic heterocycles. The maximum absolute atomic E-state index is 14.5. The average Bonchev–Trinajstić information content (AvgIpc) is 2.72. The van der Waals surface area contributed by atoms with Crippen LogP contribution in [0.3, 0.4) is 0 Å². The summed E-state index contributed by atoms with van der Waals surface area (Å²) in [5.74, 6) is -6.12. The first-order chi connectivity index (χ1) is 14.6. The summed E-state index contributed by atoms with van der Waals surface area (Å²) >= 11 is 0. The molecule has 0 nitrogen and oxygen atoms in total. The predicted octanol–water partition coefficient (Wildman–Crippen LogP) is 8.37. The van der Waals surface area contributed by atoms with Crippen LogP contribution in [0.15, 0.2) is 60.7 Å². The molecule has 0 amide bonds. The Hall–Kier alpha value is -3.09. The number of benzene rings is 3. The molecule has 0 aliphatic rings. The quantitative estimate of drug-likeness (QED) is 0.277. The van der Waals surface area contributed by atoms with Crippen LogP contribution in [0.2, 0.25) is 0 Å². The summed E-state index contributed by atoms with van der Waals surface area (Å²) in [5, 5.41) is 0. The van der Waals surface area contributed by atoms with Gasteiger partial charge in [-0.2, -0.15) is 13.2 Å². The van der Waals surface area contributed by atoms with Crippen molar-refractivity contribution in [2.24, 2.45) is 0 Å². The summed E-state index contributed by atoms with van der Waals surface area (Å²) in [6.07, 6.45) is -3.10. The normalized spacial score (nSPS) is 12.6. The molecular formula is C24H17F7. The molecule has 0 fully saturated rings. The van der Waals surface area contributed by atoms with Gasteiger partial charge >= 0.3 is 6.18 Å². The highest BCUT2D eigenvalue weighted by atomic mass is 19.4. The lowest BCUT2D eigenvalue weighted by atomic mass is 10.00. The number of hydrogen-bond acceptors (Lipinski definition) is 0. The summed E-state index contributed by atoms with van der Waals surface area (Å²) in [4.78, 5) is 0. The van der Waals surface area contributed by atoms with Gasteiger partial charge in [-0.15, -0.1) is 0 Å². The Kier molecular flexibility index (Phi) is 6.53. The van der Waals surface area contributed by atoms with Crippen LogP contribution in [-0.2, 0) is 12.6 Å². The van der Waals surface area contributed by atoms with Gasteiger partial charge in [-0.05, 0) is 47.4 Å². The summed E-state index contributed by atoms with van der Waals surface area (Å²) in [7, 11) is 0. The number of alkyl halides is 3. The SMILES string of the molecule is CCCc1ccc(-c2ccc(/C(F)=C(\F)c3ccc(C(F)(F)F)c(F)c3)c(F)c2)cc1. The summed E-state index contributed by atoms with van der Waals surface area (Å²) in [6.45, 7) is 2.04. The Morgan fingerprint density at radius 2 is 1.39 bits per heavy atom. The molecule has 0 aromatic heterocycles. The standard InChI is InChI=1S/C24H17F7/c1-2-3-14-4-6-15(7-5-14)16-8-10-18(20(25)12-16)23(28)22(27)17-9-11-19(21(26)13-17)24(29,30)31/h4-13H,2-3H2,1H3/b23-22+. The van der Waals surface area contributed by atoms with E-state index in [4.69, 9.17) is 0 Å². The van der Waals surface area contributed by atoms with Crippen LogP contribution < -0.4 is 0 Å². The highest BCUT2D eigenvalue weighted by Gasteiger charge is 2.34. The highest BCUT2D eigenvalue weighted by Crippen LogP contribution is 2.36. The second-order valence-electron chi connectivity index (χ2n) is 6.96. The number of hydrogen-bond donors (Lipinski definition) is 0. The molecule has 0 unspecified atom stereocenters. The Labute approximate surface area is 174 Å². The fourth-order valence-corrected chi connectivity index (χ4v) is 3.15. The fraction of sp³-hybridized carbons (Fsp3) is 0.167. The van der Waals surface area contributed by atoms with Gasteiger partial charge in [0.25, 0.3) is 0 Å². The Bertz CT molecular complexity index is 1110. The van der Waals surface area contributed by atoms with E-state index < -0.39 is 46.2 Å². The Balaban J connectivity index is 1.93. The van der Waals surface area contributed by atoms with Gasteiger partial charge in [0.15, 0.2) is 11.7 Å². The lowest BCUT2D eigenvalue weighted by molar-refractivity contribution is -0.140. The van der Waals surface area contributed by atoms with Crippen molar-refractivity contribution in [3.05, 3.63) is 94.6 Å². The molecule has 0 spiro atoms. The first-order valence-electron chi connectivity index (χ1n) is 9.43. The summed E-state index contributed by atoms with van der Waals surface area (Å²) < 4.78 is 95.0. The first-order valence-corrected chi connectivity index (χ1v) is 9.43. The van der Waals surface area contributed by atoms with Gasteiger partial charge in [0.05, 0.1) is 5.56 Å². The number of rotatable bonds is 5. The summed E-state index contributed by atoms with van der Waals surface area (Å²) in [6, 6.07) is 11.9. The monoisotopic (exact) mass is 438 g/mol. The van der Waals surface area contributed by atoms with Crippen molar-refractivity contribution in [2.75, 3.05) is 0 Å². The van der Waals surface area contributed by atoms with E-state index in [1.165, 1.54) is 6.07 Å². The molecule has 3 aromatic rings. The van der Waals surface area contributed by atoms with E-state index in [9.17, 15) is 30.7 Å². The van der Waals surface area contributed by atoms with E-state index in [1.807, 2.05) is 19.1 Å². The zero-order valence-electron chi connectivity index (χ0n) is 16.3. The van der Waals surface area contributed by atoms with Crippen molar-refractivity contribution in [2.45, 2.75) is 25.9 Å². The van der Waals surface area contributed by atoms with Gasteiger partial charge in [0.1, 0.15) is 11.6 Å². The Morgan fingerprint density at radius 3 is 1.94 bits per heavy atom. The van der Waals surface area contributed by atoms with Crippen LogP contribution >= 0.6 is 0 Å². The minimum atomic E-state index is -4.97. The smallest absolute Gasteiger partial charge is 0.206 e. The number of aryl methyl sites for hydroxylation is 1. The third-order valence-electron chi connectivity index (χ3n) is 4.75. The molecule has 3 rings (SSSR count). The van der Waals surface area contributed by atoms with E-state index >= 15 is 0 Å². The average molecular weight is 438 g/mol. The van der Waals surface area contributed by atoms with Crippen molar-refractivity contribution < 1.29 is 30.7 Å². The molecule has 0 heterocycles. The van der Waals surface area contributed by atoms with Gasteiger partial charge < -0.3 is 0 Å². The van der Waals surface area contributed by atoms with Crippen LogP contribution in [0.25, 0.3) is 22.8 Å². The second kappa shape index (κ2) is 8.96. The topological polar surface area (TPSA) is 0 Å². The van der Waals surface area contributed by atoms with Crippen molar-refractivity contribution in [3.8, 4) is 11.1 Å². The highest BCUT2D eigenvalue weighted by molar-refractivity contribution is 5.84. The van der Waals surface area contributed by atoms with E-state index in [0.29, 0.717) is 23.3 Å². The molecule has 3 aromatic carbocycles. The van der Waals surface area contributed by atoms with Crippen molar-refractivity contribution in [1.29, 1.82) is 0 Å². The zero-order valence-corrected chi connectivity index (χ0v) is 16.3. The van der Waals surface area contributed by atoms with Crippen LogP contribution in [0.4, 0.5) is 30.7 Å². The summed E-state index contributed by atoms with van der Waals surface area (Å²) in [5.41, 5.74) is -0.853. The lowest BCUT2D eigenvalue weighted by Crippen LogP contribution is -2.08. The largest absolute Gasteiger partial charge is 0.419 e. The van der Waals surface area contributed by atoms with Crippen LogP contribution in [-0.4, -0.2) is 0 Å².